The number of aliphatic carboxylic acids is 1. The lowest BCUT2D eigenvalue weighted by Crippen LogP contribution is -2.38. The molecule has 0 fully saturated rings. The molecule has 0 bridgehead atoms. The Labute approximate surface area is 106 Å². The van der Waals surface area contributed by atoms with Gasteiger partial charge in [-0.2, -0.15) is 0 Å². The number of carboxylic acid groups (broad SMARTS) is 1. The molecule has 0 aromatic heterocycles. The van der Waals surface area contributed by atoms with E-state index in [4.69, 9.17) is 16.7 Å². The third-order valence-corrected chi connectivity index (χ3v) is 2.70. The standard InChI is InChI=1S/C10H9BrClNO3/c1-5(10(15)16)13-9(14)7-3-2-6(11)4-8(7)12/h2-5H,1H3,(H,13,14)(H,15,16)/t5-/m1/s1. The van der Waals surface area contributed by atoms with Crippen LogP contribution in [-0.2, 0) is 4.79 Å². The molecule has 1 aromatic rings. The fraction of sp³-hybridized carbons (Fsp3) is 0.200. The van der Waals surface area contributed by atoms with Crippen LogP contribution in [0.1, 0.15) is 17.3 Å². The first-order valence-electron chi connectivity index (χ1n) is 4.40. The number of halogens is 2. The summed E-state index contributed by atoms with van der Waals surface area (Å²) in [6.45, 7) is 1.38. The Kier molecular flexibility index (Phi) is 4.32. The first kappa shape index (κ1) is 13.0. The van der Waals surface area contributed by atoms with E-state index in [2.05, 4.69) is 21.2 Å². The predicted octanol–water partition coefficient (Wildman–Crippen LogP) is 2.31. The maximum atomic E-state index is 11.6. The third kappa shape index (κ3) is 3.21. The molecular weight excluding hydrogens is 297 g/mol. The van der Waals surface area contributed by atoms with Gasteiger partial charge in [0.05, 0.1) is 10.6 Å². The van der Waals surface area contributed by atoms with Crippen molar-refractivity contribution < 1.29 is 14.7 Å². The molecule has 4 nitrogen and oxygen atoms in total. The Balaban J connectivity index is 2.85. The van der Waals surface area contributed by atoms with E-state index in [0.29, 0.717) is 0 Å². The second kappa shape index (κ2) is 5.32. The van der Waals surface area contributed by atoms with Gasteiger partial charge in [-0.25, -0.2) is 0 Å². The second-order valence-corrected chi connectivity index (χ2v) is 4.48. The lowest BCUT2D eigenvalue weighted by molar-refractivity contribution is -0.138. The molecule has 0 aliphatic rings. The van der Waals surface area contributed by atoms with Gasteiger partial charge in [0.2, 0.25) is 0 Å². The highest BCUT2D eigenvalue weighted by Crippen LogP contribution is 2.21. The Morgan fingerprint density at radius 1 is 1.50 bits per heavy atom. The fourth-order valence-electron chi connectivity index (χ4n) is 1.01. The Bertz CT molecular complexity index is 436. The lowest BCUT2D eigenvalue weighted by Gasteiger charge is -2.10. The van der Waals surface area contributed by atoms with Gasteiger partial charge in [-0.3, -0.25) is 9.59 Å². The van der Waals surface area contributed by atoms with E-state index >= 15 is 0 Å². The molecule has 2 N–H and O–H groups in total. The SMILES string of the molecule is C[C@@H](NC(=O)c1ccc(Br)cc1Cl)C(=O)O. The number of amides is 1. The van der Waals surface area contributed by atoms with Crippen molar-refractivity contribution in [2.45, 2.75) is 13.0 Å². The molecule has 0 radical (unpaired) electrons. The first-order chi connectivity index (χ1) is 7.41. The highest BCUT2D eigenvalue weighted by molar-refractivity contribution is 9.10. The van der Waals surface area contributed by atoms with Gasteiger partial charge in [0.25, 0.3) is 5.91 Å². The van der Waals surface area contributed by atoms with Gasteiger partial charge in [0.1, 0.15) is 6.04 Å². The van der Waals surface area contributed by atoms with Crippen LogP contribution in [0.2, 0.25) is 5.02 Å². The van der Waals surface area contributed by atoms with Crippen molar-refractivity contribution in [2.24, 2.45) is 0 Å². The van der Waals surface area contributed by atoms with Crippen molar-refractivity contribution in [1.82, 2.24) is 5.32 Å². The van der Waals surface area contributed by atoms with Crippen LogP contribution >= 0.6 is 27.5 Å². The maximum Gasteiger partial charge on any atom is 0.325 e. The normalized spacial score (nSPS) is 11.9. The van der Waals surface area contributed by atoms with Gasteiger partial charge in [-0.1, -0.05) is 27.5 Å². The zero-order valence-corrected chi connectivity index (χ0v) is 10.7. The molecule has 0 saturated carbocycles. The monoisotopic (exact) mass is 305 g/mol. The van der Waals surface area contributed by atoms with E-state index in [-0.39, 0.29) is 10.6 Å². The van der Waals surface area contributed by atoms with Crippen molar-refractivity contribution in [3.63, 3.8) is 0 Å². The Morgan fingerprint density at radius 2 is 2.12 bits per heavy atom. The highest BCUT2D eigenvalue weighted by atomic mass is 79.9. The highest BCUT2D eigenvalue weighted by Gasteiger charge is 2.17. The summed E-state index contributed by atoms with van der Waals surface area (Å²) >= 11 is 9.06. The summed E-state index contributed by atoms with van der Waals surface area (Å²) in [6, 6.07) is 3.80. The summed E-state index contributed by atoms with van der Waals surface area (Å²) in [6.07, 6.45) is 0. The molecule has 0 aliphatic heterocycles. The number of nitrogens with one attached hydrogen (secondary N) is 1. The molecule has 1 amide bonds. The van der Waals surface area contributed by atoms with Crippen LogP contribution in [0.15, 0.2) is 22.7 Å². The summed E-state index contributed by atoms with van der Waals surface area (Å²) in [7, 11) is 0. The zero-order chi connectivity index (χ0) is 12.3. The Morgan fingerprint density at radius 3 is 2.62 bits per heavy atom. The van der Waals surface area contributed by atoms with E-state index in [9.17, 15) is 9.59 Å². The topological polar surface area (TPSA) is 66.4 Å². The van der Waals surface area contributed by atoms with Crippen LogP contribution in [0.25, 0.3) is 0 Å². The minimum absolute atomic E-state index is 0.248. The van der Waals surface area contributed by atoms with E-state index < -0.39 is 17.9 Å². The molecule has 0 unspecified atom stereocenters. The molecule has 6 heteroatoms. The smallest absolute Gasteiger partial charge is 0.325 e. The summed E-state index contributed by atoms with van der Waals surface area (Å²) in [5.74, 6) is -1.60. The fourth-order valence-corrected chi connectivity index (χ4v) is 1.77. The average Bonchev–Trinajstić information content (AvgIpc) is 2.16. The van der Waals surface area contributed by atoms with Crippen LogP contribution in [0.5, 0.6) is 0 Å². The minimum Gasteiger partial charge on any atom is -0.480 e. The first-order valence-corrected chi connectivity index (χ1v) is 5.57. The number of carbonyl (C=O) groups excluding carboxylic acids is 1. The molecule has 0 aliphatic carbocycles. The Hall–Kier alpha value is -1.07. The van der Waals surface area contributed by atoms with Crippen molar-refractivity contribution in [3.8, 4) is 0 Å². The van der Waals surface area contributed by atoms with Gasteiger partial charge in [0.15, 0.2) is 0 Å². The van der Waals surface area contributed by atoms with Crippen molar-refractivity contribution in [1.29, 1.82) is 0 Å². The number of hydrogen-bond donors (Lipinski definition) is 2. The van der Waals surface area contributed by atoms with E-state index in [0.717, 1.165) is 4.47 Å². The van der Waals surface area contributed by atoms with Crippen LogP contribution in [0.4, 0.5) is 0 Å². The summed E-state index contributed by atoms with van der Waals surface area (Å²) in [5, 5.41) is 11.2. The van der Waals surface area contributed by atoms with Gasteiger partial charge in [-0.05, 0) is 25.1 Å². The van der Waals surface area contributed by atoms with Gasteiger partial charge in [-0.15, -0.1) is 0 Å². The molecule has 0 saturated heterocycles. The molecular formula is C10H9BrClNO3. The average molecular weight is 307 g/mol. The van der Waals surface area contributed by atoms with Crippen LogP contribution in [-0.4, -0.2) is 23.0 Å². The van der Waals surface area contributed by atoms with Crippen LogP contribution < -0.4 is 5.32 Å². The number of carbonyl (C=O) groups is 2. The molecule has 16 heavy (non-hydrogen) atoms. The molecule has 86 valence electrons. The van der Waals surface area contributed by atoms with Crippen LogP contribution in [0, 0.1) is 0 Å². The van der Waals surface area contributed by atoms with Crippen molar-refractivity contribution >= 4 is 39.4 Å². The minimum atomic E-state index is -1.10. The third-order valence-electron chi connectivity index (χ3n) is 1.89. The largest absolute Gasteiger partial charge is 0.480 e. The number of benzene rings is 1. The predicted molar refractivity (Wildman–Crippen MR) is 63.7 cm³/mol. The van der Waals surface area contributed by atoms with E-state index in [1.165, 1.54) is 13.0 Å². The number of rotatable bonds is 3. The molecule has 0 spiro atoms. The number of hydrogen-bond acceptors (Lipinski definition) is 2. The maximum absolute atomic E-state index is 11.6. The zero-order valence-electron chi connectivity index (χ0n) is 8.33. The van der Waals surface area contributed by atoms with Gasteiger partial charge >= 0.3 is 5.97 Å². The second-order valence-electron chi connectivity index (χ2n) is 3.16. The van der Waals surface area contributed by atoms with Gasteiger partial charge in [0, 0.05) is 4.47 Å². The number of carboxylic acids is 1. The summed E-state index contributed by atoms with van der Waals surface area (Å²) in [4.78, 5) is 22.2. The molecule has 1 aromatic carbocycles. The van der Waals surface area contributed by atoms with E-state index in [1.807, 2.05) is 0 Å². The van der Waals surface area contributed by atoms with Crippen molar-refractivity contribution in [2.75, 3.05) is 0 Å². The van der Waals surface area contributed by atoms with E-state index in [1.54, 1.807) is 12.1 Å². The van der Waals surface area contributed by atoms with Crippen LogP contribution in [0.3, 0.4) is 0 Å². The molecule has 1 atom stereocenters. The molecule has 0 heterocycles. The van der Waals surface area contributed by atoms with Crippen molar-refractivity contribution in [3.05, 3.63) is 33.3 Å². The molecule has 1 rings (SSSR count). The summed E-state index contributed by atoms with van der Waals surface area (Å²) < 4.78 is 0.750. The summed E-state index contributed by atoms with van der Waals surface area (Å²) in [5.41, 5.74) is 0.248. The lowest BCUT2D eigenvalue weighted by atomic mass is 10.2. The quantitative estimate of drug-likeness (QED) is 0.900. The van der Waals surface area contributed by atoms with Gasteiger partial charge < -0.3 is 10.4 Å².